The Kier molecular flexibility index (Phi) is 5.65. The van der Waals surface area contributed by atoms with E-state index in [2.05, 4.69) is 37.2 Å². The quantitative estimate of drug-likeness (QED) is 0.557. The molecule has 1 aliphatic rings. The highest BCUT2D eigenvalue weighted by Crippen LogP contribution is 2.36. The zero-order valence-corrected chi connectivity index (χ0v) is 15.3. The lowest BCUT2D eigenvalue weighted by Crippen LogP contribution is -2.17. The second-order valence-corrected chi connectivity index (χ2v) is 7.50. The topological polar surface area (TPSA) is 38.3 Å². The van der Waals surface area contributed by atoms with Crippen molar-refractivity contribution in [2.24, 2.45) is 0 Å². The summed E-state index contributed by atoms with van der Waals surface area (Å²) in [6.07, 6.45) is 2.71. The van der Waals surface area contributed by atoms with Gasteiger partial charge in [-0.15, -0.1) is 0 Å². The van der Waals surface area contributed by atoms with Gasteiger partial charge < -0.3 is 10.1 Å². The Hall–Kier alpha value is -0.370. The van der Waals surface area contributed by atoms with E-state index < -0.39 is 0 Å². The van der Waals surface area contributed by atoms with Gasteiger partial charge in [-0.1, -0.05) is 46.8 Å². The molecule has 0 atom stereocenters. The normalized spacial score (nSPS) is 16.6. The van der Waals surface area contributed by atoms with Gasteiger partial charge in [0.2, 0.25) is 0 Å². The molecule has 3 nitrogen and oxygen atoms in total. The molecule has 1 amide bonds. The van der Waals surface area contributed by atoms with Crippen LogP contribution in [0, 0.1) is 0 Å². The molecular formula is C13H11Br2NO2S2. The summed E-state index contributed by atoms with van der Waals surface area (Å²) in [5.41, 5.74) is 0.835. The van der Waals surface area contributed by atoms with Crippen molar-refractivity contribution >= 4 is 72.1 Å². The molecule has 20 heavy (non-hydrogen) atoms. The molecule has 7 heteroatoms. The van der Waals surface area contributed by atoms with Gasteiger partial charge >= 0.3 is 0 Å². The van der Waals surface area contributed by atoms with Gasteiger partial charge in [-0.2, -0.15) is 0 Å². The SMILES string of the molecule is CCCOc1c(Br)cc(Br)cc1/C=C1\SC(=S)NC1=O. The van der Waals surface area contributed by atoms with Gasteiger partial charge in [0.15, 0.2) is 0 Å². The number of carbonyl (C=O) groups excluding carboxylic acids is 1. The van der Waals surface area contributed by atoms with Crippen molar-refractivity contribution in [3.8, 4) is 5.75 Å². The maximum atomic E-state index is 11.7. The summed E-state index contributed by atoms with van der Waals surface area (Å²) < 4.78 is 7.99. The van der Waals surface area contributed by atoms with Crippen LogP contribution in [0.3, 0.4) is 0 Å². The first-order valence-corrected chi connectivity index (χ1v) is 8.69. The number of rotatable bonds is 4. The molecule has 1 aromatic rings. The first kappa shape index (κ1) is 16.0. The summed E-state index contributed by atoms with van der Waals surface area (Å²) in [6, 6.07) is 3.83. The zero-order valence-electron chi connectivity index (χ0n) is 10.5. The van der Waals surface area contributed by atoms with Crippen molar-refractivity contribution in [2.75, 3.05) is 6.61 Å². The Labute approximate surface area is 143 Å². The number of halogens is 2. The van der Waals surface area contributed by atoms with Crippen LogP contribution in [-0.4, -0.2) is 16.8 Å². The van der Waals surface area contributed by atoms with Crippen LogP contribution < -0.4 is 10.1 Å². The maximum absolute atomic E-state index is 11.7. The van der Waals surface area contributed by atoms with Crippen molar-refractivity contribution in [3.05, 3.63) is 31.5 Å². The molecule has 0 unspecified atom stereocenters. The van der Waals surface area contributed by atoms with E-state index >= 15 is 0 Å². The van der Waals surface area contributed by atoms with Crippen molar-refractivity contribution in [3.63, 3.8) is 0 Å². The molecule has 0 spiro atoms. The molecule has 1 fully saturated rings. The van der Waals surface area contributed by atoms with Crippen LogP contribution in [-0.2, 0) is 4.79 Å². The molecule has 0 radical (unpaired) electrons. The van der Waals surface area contributed by atoms with E-state index in [9.17, 15) is 4.79 Å². The number of thioether (sulfide) groups is 1. The van der Waals surface area contributed by atoms with E-state index in [-0.39, 0.29) is 5.91 Å². The van der Waals surface area contributed by atoms with Crippen LogP contribution in [0.4, 0.5) is 0 Å². The number of benzene rings is 1. The van der Waals surface area contributed by atoms with E-state index in [0.29, 0.717) is 15.8 Å². The van der Waals surface area contributed by atoms with Crippen LogP contribution >= 0.6 is 55.8 Å². The smallest absolute Gasteiger partial charge is 0.263 e. The molecule has 1 saturated heterocycles. The summed E-state index contributed by atoms with van der Waals surface area (Å²) in [6.45, 7) is 2.66. The van der Waals surface area contributed by atoms with Gasteiger partial charge in [0.1, 0.15) is 10.1 Å². The van der Waals surface area contributed by atoms with E-state index in [1.165, 1.54) is 11.8 Å². The van der Waals surface area contributed by atoms with E-state index in [0.717, 1.165) is 26.7 Å². The molecule has 1 heterocycles. The third kappa shape index (κ3) is 3.84. The highest BCUT2D eigenvalue weighted by Gasteiger charge is 2.23. The fourth-order valence-corrected chi connectivity index (χ4v) is 4.01. The van der Waals surface area contributed by atoms with E-state index in [4.69, 9.17) is 17.0 Å². The molecule has 2 rings (SSSR count). The molecule has 1 aromatic carbocycles. The van der Waals surface area contributed by atoms with Gasteiger partial charge in [-0.25, -0.2) is 0 Å². The highest BCUT2D eigenvalue weighted by molar-refractivity contribution is 9.11. The van der Waals surface area contributed by atoms with E-state index in [1.54, 1.807) is 6.08 Å². The Morgan fingerprint density at radius 1 is 1.45 bits per heavy atom. The van der Waals surface area contributed by atoms with Crippen LogP contribution in [0.15, 0.2) is 26.0 Å². The number of hydrogen-bond acceptors (Lipinski definition) is 4. The van der Waals surface area contributed by atoms with Gasteiger partial charge in [0.05, 0.1) is 16.0 Å². The van der Waals surface area contributed by atoms with Gasteiger partial charge in [-0.3, -0.25) is 4.79 Å². The molecular weight excluding hydrogens is 426 g/mol. The van der Waals surface area contributed by atoms with Crippen LogP contribution in [0.25, 0.3) is 6.08 Å². The van der Waals surface area contributed by atoms with Crippen molar-refractivity contribution in [1.29, 1.82) is 0 Å². The monoisotopic (exact) mass is 435 g/mol. The summed E-state index contributed by atoms with van der Waals surface area (Å²) in [7, 11) is 0. The molecule has 1 aliphatic heterocycles. The van der Waals surface area contributed by atoms with Crippen LogP contribution in [0.1, 0.15) is 18.9 Å². The maximum Gasteiger partial charge on any atom is 0.263 e. The summed E-state index contributed by atoms with van der Waals surface area (Å²) >= 11 is 13.2. The average Bonchev–Trinajstić information content (AvgIpc) is 2.66. The second-order valence-electron chi connectivity index (χ2n) is 4.01. The predicted molar refractivity (Wildman–Crippen MR) is 93.9 cm³/mol. The largest absolute Gasteiger partial charge is 0.492 e. The Balaban J connectivity index is 2.41. The summed E-state index contributed by atoms with van der Waals surface area (Å²) in [4.78, 5) is 12.3. The lowest BCUT2D eigenvalue weighted by atomic mass is 10.2. The third-order valence-electron chi connectivity index (χ3n) is 2.42. The molecule has 0 aromatic heterocycles. The molecule has 1 N–H and O–H groups in total. The molecule has 0 saturated carbocycles. The fraction of sp³-hybridized carbons (Fsp3) is 0.231. The lowest BCUT2D eigenvalue weighted by Gasteiger charge is -2.11. The minimum absolute atomic E-state index is 0.169. The third-order valence-corrected chi connectivity index (χ3v) is 4.63. The van der Waals surface area contributed by atoms with Gasteiger partial charge in [-0.05, 0) is 40.6 Å². The van der Waals surface area contributed by atoms with Crippen LogP contribution in [0.5, 0.6) is 5.75 Å². The lowest BCUT2D eigenvalue weighted by molar-refractivity contribution is -0.115. The highest BCUT2D eigenvalue weighted by atomic mass is 79.9. The predicted octanol–water partition coefficient (Wildman–Crippen LogP) is 4.49. The van der Waals surface area contributed by atoms with Crippen molar-refractivity contribution < 1.29 is 9.53 Å². The average molecular weight is 437 g/mol. The first-order valence-electron chi connectivity index (χ1n) is 5.88. The number of nitrogens with one attached hydrogen (secondary N) is 1. The van der Waals surface area contributed by atoms with E-state index in [1.807, 2.05) is 19.1 Å². The minimum Gasteiger partial charge on any atom is -0.492 e. The number of ether oxygens (including phenoxy) is 1. The van der Waals surface area contributed by atoms with Gasteiger partial charge in [0.25, 0.3) is 5.91 Å². The van der Waals surface area contributed by atoms with Crippen molar-refractivity contribution in [1.82, 2.24) is 5.32 Å². The minimum atomic E-state index is -0.169. The number of thiocarbonyl (C=S) groups is 1. The van der Waals surface area contributed by atoms with Crippen LogP contribution in [0.2, 0.25) is 0 Å². The number of carbonyl (C=O) groups is 1. The Morgan fingerprint density at radius 3 is 2.80 bits per heavy atom. The fourth-order valence-electron chi connectivity index (χ4n) is 1.61. The van der Waals surface area contributed by atoms with Gasteiger partial charge in [0, 0.05) is 10.0 Å². The summed E-state index contributed by atoms with van der Waals surface area (Å²) in [5, 5.41) is 2.60. The zero-order chi connectivity index (χ0) is 14.7. The second kappa shape index (κ2) is 7.06. The Morgan fingerprint density at radius 2 is 2.20 bits per heavy atom. The first-order chi connectivity index (χ1) is 9.51. The summed E-state index contributed by atoms with van der Waals surface area (Å²) in [5.74, 6) is 0.561. The molecule has 0 bridgehead atoms. The standard InChI is InChI=1S/C13H11Br2NO2S2/c1-2-3-18-11-7(4-8(14)6-9(11)15)5-10-12(17)16-13(19)20-10/h4-6H,2-3H2,1H3,(H,16,17,19)/b10-5-. The molecule has 0 aliphatic carbocycles. The van der Waals surface area contributed by atoms with Crippen molar-refractivity contribution in [2.45, 2.75) is 13.3 Å². The Bertz CT molecular complexity index is 602. The number of amides is 1. The number of hydrogen-bond donors (Lipinski definition) is 1. The molecule has 106 valence electrons.